The topological polar surface area (TPSA) is 48.9 Å². The predicted molar refractivity (Wildman–Crippen MR) is 105 cm³/mol. The van der Waals surface area contributed by atoms with E-state index in [2.05, 4.69) is 40.4 Å². The summed E-state index contributed by atoms with van der Waals surface area (Å²) in [5, 5.41) is 6.92. The molecule has 0 amide bonds. The maximum Gasteiger partial charge on any atom is 0.191 e. The Kier molecular flexibility index (Phi) is 8.06. The van der Waals surface area contributed by atoms with Crippen LogP contribution in [0.5, 0.6) is 5.75 Å². The fourth-order valence-corrected chi connectivity index (χ4v) is 3.48. The van der Waals surface area contributed by atoms with Gasteiger partial charge < -0.3 is 15.4 Å². The van der Waals surface area contributed by atoms with Crippen molar-refractivity contribution in [3.8, 4) is 5.75 Å². The van der Waals surface area contributed by atoms with Crippen LogP contribution < -0.4 is 15.4 Å². The summed E-state index contributed by atoms with van der Waals surface area (Å²) < 4.78 is 5.41. The highest BCUT2D eigenvalue weighted by molar-refractivity contribution is 5.79. The maximum atomic E-state index is 5.41. The second kappa shape index (κ2) is 10.3. The van der Waals surface area contributed by atoms with Gasteiger partial charge in [-0.05, 0) is 44.3 Å². The van der Waals surface area contributed by atoms with Crippen molar-refractivity contribution in [2.75, 3.05) is 33.8 Å². The van der Waals surface area contributed by atoms with Crippen LogP contribution >= 0.6 is 0 Å². The highest BCUT2D eigenvalue weighted by Gasteiger charge is 2.22. The number of benzene rings is 1. The minimum atomic E-state index is 0.576. The van der Waals surface area contributed by atoms with Gasteiger partial charge in [0.15, 0.2) is 5.96 Å². The Bertz CT molecular complexity index is 538. The van der Waals surface area contributed by atoms with Crippen LogP contribution in [0, 0.1) is 5.92 Å². The number of hydrogen-bond donors (Lipinski definition) is 2. The lowest BCUT2D eigenvalue weighted by atomic mass is 10.0. The molecule has 0 spiro atoms. The van der Waals surface area contributed by atoms with Crippen LogP contribution in [-0.2, 0) is 6.54 Å². The molecule has 1 fully saturated rings. The molecular weight excluding hydrogens is 312 g/mol. The van der Waals surface area contributed by atoms with E-state index in [-0.39, 0.29) is 0 Å². The number of nitrogens with one attached hydrogen (secondary N) is 2. The standard InChI is InChI=1S/C20H34N4O/c1-16(2)13-18(24-11-7-8-12-24)15-23-20(21-3)22-14-17-9-5-6-10-19(17)25-4/h5-6,9-10,16,18H,7-8,11-15H2,1-4H3,(H2,21,22,23). The molecule has 0 radical (unpaired) electrons. The Hall–Kier alpha value is -1.75. The number of guanidine groups is 1. The molecule has 0 aromatic heterocycles. The SMILES string of the molecule is CN=C(NCc1ccccc1OC)NCC(CC(C)C)N1CCCC1. The molecule has 1 saturated heterocycles. The molecule has 1 aliphatic rings. The second-order valence-corrected chi connectivity index (χ2v) is 7.14. The molecular formula is C20H34N4O. The maximum absolute atomic E-state index is 5.41. The van der Waals surface area contributed by atoms with E-state index in [4.69, 9.17) is 4.74 Å². The summed E-state index contributed by atoms with van der Waals surface area (Å²) in [7, 11) is 3.53. The monoisotopic (exact) mass is 346 g/mol. The second-order valence-electron chi connectivity index (χ2n) is 7.14. The number of aliphatic imine (C=N–C) groups is 1. The normalized spacial score (nSPS) is 16.9. The molecule has 1 atom stereocenters. The van der Waals surface area contributed by atoms with E-state index in [1.165, 1.54) is 32.4 Å². The van der Waals surface area contributed by atoms with Crippen LogP contribution in [0.15, 0.2) is 29.3 Å². The lowest BCUT2D eigenvalue weighted by molar-refractivity contribution is 0.213. The van der Waals surface area contributed by atoms with Gasteiger partial charge in [0.1, 0.15) is 5.75 Å². The number of hydrogen-bond acceptors (Lipinski definition) is 3. The Morgan fingerprint density at radius 1 is 1.20 bits per heavy atom. The molecule has 1 aromatic rings. The van der Waals surface area contributed by atoms with Gasteiger partial charge in [0, 0.05) is 31.7 Å². The summed E-state index contributed by atoms with van der Waals surface area (Å²) in [5.41, 5.74) is 1.13. The molecule has 25 heavy (non-hydrogen) atoms. The summed E-state index contributed by atoms with van der Waals surface area (Å²) in [5.74, 6) is 2.45. The first kappa shape index (κ1) is 19.6. The first-order valence-electron chi connectivity index (χ1n) is 9.44. The molecule has 0 aliphatic carbocycles. The third-order valence-corrected chi connectivity index (χ3v) is 4.77. The van der Waals surface area contributed by atoms with Gasteiger partial charge in [-0.15, -0.1) is 0 Å². The largest absolute Gasteiger partial charge is 0.496 e. The van der Waals surface area contributed by atoms with Crippen molar-refractivity contribution in [3.63, 3.8) is 0 Å². The summed E-state index contributed by atoms with van der Waals surface area (Å²) in [6.45, 7) is 8.69. The number of rotatable bonds is 8. The Labute approximate surface area is 152 Å². The highest BCUT2D eigenvalue weighted by atomic mass is 16.5. The van der Waals surface area contributed by atoms with Gasteiger partial charge in [0.25, 0.3) is 0 Å². The first-order valence-corrected chi connectivity index (χ1v) is 9.44. The molecule has 140 valence electrons. The minimum Gasteiger partial charge on any atom is -0.496 e. The van der Waals surface area contributed by atoms with Crippen molar-refractivity contribution in [3.05, 3.63) is 29.8 Å². The Morgan fingerprint density at radius 3 is 2.56 bits per heavy atom. The molecule has 1 unspecified atom stereocenters. The van der Waals surface area contributed by atoms with Gasteiger partial charge in [-0.3, -0.25) is 9.89 Å². The Balaban J connectivity index is 1.87. The fourth-order valence-electron chi connectivity index (χ4n) is 3.48. The van der Waals surface area contributed by atoms with Crippen LogP contribution in [0.2, 0.25) is 0 Å². The highest BCUT2D eigenvalue weighted by Crippen LogP contribution is 2.18. The predicted octanol–water partition coefficient (Wildman–Crippen LogP) is 2.87. The molecule has 1 aliphatic heterocycles. The first-order chi connectivity index (χ1) is 12.1. The Morgan fingerprint density at radius 2 is 1.92 bits per heavy atom. The molecule has 5 heteroatoms. The molecule has 0 bridgehead atoms. The molecule has 2 rings (SSSR count). The van der Waals surface area contributed by atoms with E-state index < -0.39 is 0 Å². The van der Waals surface area contributed by atoms with Gasteiger partial charge in [0.05, 0.1) is 7.11 Å². The quantitative estimate of drug-likeness (QED) is 0.561. The summed E-state index contributed by atoms with van der Waals surface area (Å²) in [4.78, 5) is 7.00. The number of ether oxygens (including phenoxy) is 1. The van der Waals surface area contributed by atoms with Gasteiger partial charge >= 0.3 is 0 Å². The fraction of sp³-hybridized carbons (Fsp3) is 0.650. The molecule has 1 heterocycles. The average Bonchev–Trinajstić information content (AvgIpc) is 3.15. The summed E-state index contributed by atoms with van der Waals surface area (Å²) >= 11 is 0. The van der Waals surface area contributed by atoms with Crippen molar-refractivity contribution < 1.29 is 4.74 Å². The van der Waals surface area contributed by atoms with Crippen molar-refractivity contribution >= 4 is 5.96 Å². The van der Waals surface area contributed by atoms with Crippen LogP contribution in [-0.4, -0.2) is 50.7 Å². The number of para-hydroxylation sites is 1. The van der Waals surface area contributed by atoms with Crippen molar-refractivity contribution in [2.24, 2.45) is 10.9 Å². The van der Waals surface area contributed by atoms with E-state index in [1.54, 1.807) is 7.11 Å². The summed E-state index contributed by atoms with van der Waals surface area (Å²) in [6.07, 6.45) is 3.88. The minimum absolute atomic E-state index is 0.576. The average molecular weight is 347 g/mol. The number of likely N-dealkylation sites (tertiary alicyclic amines) is 1. The lowest BCUT2D eigenvalue weighted by Gasteiger charge is -2.29. The number of methoxy groups -OCH3 is 1. The summed E-state index contributed by atoms with van der Waals surface area (Å²) in [6, 6.07) is 8.65. The van der Waals surface area contributed by atoms with Gasteiger partial charge in [-0.2, -0.15) is 0 Å². The zero-order valence-electron chi connectivity index (χ0n) is 16.2. The van der Waals surface area contributed by atoms with E-state index in [0.29, 0.717) is 18.5 Å². The lowest BCUT2D eigenvalue weighted by Crippen LogP contribution is -2.46. The van der Waals surface area contributed by atoms with Gasteiger partial charge in [-0.25, -0.2) is 0 Å². The zero-order valence-corrected chi connectivity index (χ0v) is 16.2. The van der Waals surface area contributed by atoms with Crippen molar-refractivity contribution in [1.82, 2.24) is 15.5 Å². The molecule has 0 saturated carbocycles. The third-order valence-electron chi connectivity index (χ3n) is 4.77. The number of nitrogens with zero attached hydrogens (tertiary/aromatic N) is 2. The smallest absolute Gasteiger partial charge is 0.191 e. The van der Waals surface area contributed by atoms with Crippen molar-refractivity contribution in [2.45, 2.75) is 45.7 Å². The zero-order chi connectivity index (χ0) is 18.1. The van der Waals surface area contributed by atoms with Crippen LogP contribution in [0.25, 0.3) is 0 Å². The molecule has 5 nitrogen and oxygen atoms in total. The van der Waals surface area contributed by atoms with Gasteiger partial charge in [0.2, 0.25) is 0 Å². The van der Waals surface area contributed by atoms with E-state index in [0.717, 1.165) is 23.8 Å². The molecule has 1 aromatic carbocycles. The van der Waals surface area contributed by atoms with E-state index >= 15 is 0 Å². The van der Waals surface area contributed by atoms with E-state index in [9.17, 15) is 0 Å². The van der Waals surface area contributed by atoms with Crippen LogP contribution in [0.1, 0.15) is 38.7 Å². The third kappa shape index (κ3) is 6.24. The van der Waals surface area contributed by atoms with E-state index in [1.807, 2.05) is 25.2 Å². The van der Waals surface area contributed by atoms with Crippen molar-refractivity contribution in [1.29, 1.82) is 0 Å². The van der Waals surface area contributed by atoms with Gasteiger partial charge in [-0.1, -0.05) is 32.0 Å². The van der Waals surface area contributed by atoms with Crippen LogP contribution in [0.4, 0.5) is 0 Å². The van der Waals surface area contributed by atoms with Crippen LogP contribution in [0.3, 0.4) is 0 Å². The molecule has 2 N–H and O–H groups in total.